The van der Waals surface area contributed by atoms with Crippen LogP contribution in [0.4, 0.5) is 0 Å². The van der Waals surface area contributed by atoms with Gasteiger partial charge in [0, 0.05) is 0 Å². The van der Waals surface area contributed by atoms with Gasteiger partial charge >= 0.3 is 0 Å². The SMILES string of the molecule is C.CC(C)c1ccc(C(C)C)cc1. The Morgan fingerprint density at radius 1 is 0.692 bits per heavy atom. The molecule has 13 heavy (non-hydrogen) atoms. The van der Waals surface area contributed by atoms with Crippen LogP contribution in [0.1, 0.15) is 58.1 Å². The van der Waals surface area contributed by atoms with Gasteiger partial charge in [-0.25, -0.2) is 0 Å². The van der Waals surface area contributed by atoms with Gasteiger partial charge in [-0.3, -0.25) is 0 Å². The van der Waals surface area contributed by atoms with E-state index in [4.69, 9.17) is 0 Å². The molecular weight excluding hydrogens is 156 g/mol. The molecule has 0 saturated heterocycles. The summed E-state index contributed by atoms with van der Waals surface area (Å²) < 4.78 is 0. The van der Waals surface area contributed by atoms with E-state index in [2.05, 4.69) is 52.0 Å². The molecule has 0 fully saturated rings. The van der Waals surface area contributed by atoms with Crippen molar-refractivity contribution in [3.05, 3.63) is 35.4 Å². The van der Waals surface area contributed by atoms with Crippen molar-refractivity contribution < 1.29 is 0 Å². The van der Waals surface area contributed by atoms with Crippen molar-refractivity contribution in [2.75, 3.05) is 0 Å². The van der Waals surface area contributed by atoms with Crippen LogP contribution in [-0.2, 0) is 0 Å². The van der Waals surface area contributed by atoms with Crippen LogP contribution in [0.15, 0.2) is 24.3 Å². The van der Waals surface area contributed by atoms with Crippen molar-refractivity contribution in [2.45, 2.75) is 47.0 Å². The highest BCUT2D eigenvalue weighted by atomic mass is 14.1. The Morgan fingerprint density at radius 2 is 0.923 bits per heavy atom. The fourth-order valence-electron chi connectivity index (χ4n) is 1.27. The lowest BCUT2D eigenvalue weighted by molar-refractivity contribution is 0.845. The third kappa shape index (κ3) is 3.22. The van der Waals surface area contributed by atoms with Crippen LogP contribution in [0, 0.1) is 0 Å². The Hall–Kier alpha value is -0.780. The molecule has 0 heteroatoms. The highest BCUT2D eigenvalue weighted by Gasteiger charge is 2.00. The lowest BCUT2D eigenvalue weighted by Gasteiger charge is -2.08. The first kappa shape index (κ1) is 12.2. The number of rotatable bonds is 2. The molecule has 0 aliphatic rings. The molecule has 74 valence electrons. The maximum Gasteiger partial charge on any atom is -0.0219 e. The average Bonchev–Trinajstić information content (AvgIpc) is 2.04. The smallest absolute Gasteiger partial charge is 0.0219 e. The molecule has 0 aromatic heterocycles. The second-order valence-electron chi connectivity index (χ2n) is 3.98. The topological polar surface area (TPSA) is 0 Å². The van der Waals surface area contributed by atoms with E-state index in [0.717, 1.165) is 0 Å². The lowest BCUT2D eigenvalue weighted by Crippen LogP contribution is -1.90. The van der Waals surface area contributed by atoms with E-state index in [-0.39, 0.29) is 7.43 Å². The molecule has 0 heterocycles. The summed E-state index contributed by atoms with van der Waals surface area (Å²) in [5.41, 5.74) is 2.86. The molecule has 0 aliphatic heterocycles. The van der Waals surface area contributed by atoms with Crippen LogP contribution < -0.4 is 0 Å². The van der Waals surface area contributed by atoms with E-state index < -0.39 is 0 Å². The van der Waals surface area contributed by atoms with Gasteiger partial charge in [0.15, 0.2) is 0 Å². The predicted octanol–water partition coefficient (Wildman–Crippen LogP) is 4.57. The summed E-state index contributed by atoms with van der Waals surface area (Å²) in [4.78, 5) is 0. The van der Waals surface area contributed by atoms with Gasteiger partial charge in [0.05, 0.1) is 0 Å². The van der Waals surface area contributed by atoms with E-state index in [1.807, 2.05) is 0 Å². The van der Waals surface area contributed by atoms with E-state index in [1.54, 1.807) is 0 Å². The molecule has 0 unspecified atom stereocenters. The molecule has 1 rings (SSSR count). The maximum atomic E-state index is 2.24. The summed E-state index contributed by atoms with van der Waals surface area (Å²) in [6, 6.07) is 8.94. The summed E-state index contributed by atoms with van der Waals surface area (Å²) in [5, 5.41) is 0. The molecule has 0 N–H and O–H groups in total. The van der Waals surface area contributed by atoms with Crippen molar-refractivity contribution in [2.24, 2.45) is 0 Å². The van der Waals surface area contributed by atoms with Gasteiger partial charge in [-0.2, -0.15) is 0 Å². The molecule has 0 amide bonds. The van der Waals surface area contributed by atoms with Crippen molar-refractivity contribution in [3.8, 4) is 0 Å². The lowest BCUT2D eigenvalue weighted by atomic mass is 9.97. The summed E-state index contributed by atoms with van der Waals surface area (Å²) >= 11 is 0. The van der Waals surface area contributed by atoms with Crippen molar-refractivity contribution in [3.63, 3.8) is 0 Å². The molecule has 1 aromatic rings. The first-order valence-electron chi connectivity index (χ1n) is 4.71. The zero-order valence-electron chi connectivity index (χ0n) is 8.46. The molecule has 0 atom stereocenters. The standard InChI is InChI=1S/C12H18.CH4/c1-9(2)11-5-7-12(8-6-11)10(3)4;/h5-10H,1-4H3;1H4. The quantitative estimate of drug-likeness (QED) is 0.622. The number of benzene rings is 1. The fourth-order valence-corrected chi connectivity index (χ4v) is 1.27. The van der Waals surface area contributed by atoms with Gasteiger partial charge in [-0.05, 0) is 23.0 Å². The first-order valence-corrected chi connectivity index (χ1v) is 4.71. The van der Waals surface area contributed by atoms with E-state index >= 15 is 0 Å². The first-order chi connectivity index (χ1) is 5.61. The highest BCUT2D eigenvalue weighted by Crippen LogP contribution is 2.18. The second-order valence-corrected chi connectivity index (χ2v) is 3.98. The third-order valence-electron chi connectivity index (χ3n) is 2.27. The van der Waals surface area contributed by atoms with E-state index in [1.165, 1.54) is 11.1 Å². The van der Waals surface area contributed by atoms with Gasteiger partial charge in [0.25, 0.3) is 0 Å². The van der Waals surface area contributed by atoms with Crippen LogP contribution in [-0.4, -0.2) is 0 Å². The van der Waals surface area contributed by atoms with Crippen molar-refractivity contribution in [1.82, 2.24) is 0 Å². The summed E-state index contributed by atoms with van der Waals surface area (Å²) in [7, 11) is 0. The van der Waals surface area contributed by atoms with Gasteiger partial charge < -0.3 is 0 Å². The van der Waals surface area contributed by atoms with E-state index in [9.17, 15) is 0 Å². The normalized spacial score (nSPS) is 10.3. The monoisotopic (exact) mass is 178 g/mol. The van der Waals surface area contributed by atoms with Gasteiger partial charge in [-0.15, -0.1) is 0 Å². The molecule has 0 radical (unpaired) electrons. The van der Waals surface area contributed by atoms with Gasteiger partial charge in [-0.1, -0.05) is 59.4 Å². The minimum atomic E-state index is 0. The molecule has 0 spiro atoms. The molecule has 0 aliphatic carbocycles. The van der Waals surface area contributed by atoms with E-state index in [0.29, 0.717) is 11.8 Å². The summed E-state index contributed by atoms with van der Waals surface area (Å²) in [6.45, 7) is 8.91. The van der Waals surface area contributed by atoms with Gasteiger partial charge in [0.1, 0.15) is 0 Å². The largest absolute Gasteiger partial charge is 0.0776 e. The molecule has 0 nitrogen and oxygen atoms in total. The molecule has 0 bridgehead atoms. The minimum absolute atomic E-state index is 0. The zero-order chi connectivity index (χ0) is 9.14. The summed E-state index contributed by atoms with van der Waals surface area (Å²) in [6.07, 6.45) is 0. The summed E-state index contributed by atoms with van der Waals surface area (Å²) in [5.74, 6) is 1.29. The predicted molar refractivity (Wildman–Crippen MR) is 61.4 cm³/mol. The molecule has 1 aromatic carbocycles. The van der Waals surface area contributed by atoms with Crippen LogP contribution in [0.3, 0.4) is 0 Å². The van der Waals surface area contributed by atoms with Gasteiger partial charge in [0.2, 0.25) is 0 Å². The second kappa shape index (κ2) is 5.06. The average molecular weight is 178 g/mol. The fraction of sp³-hybridized carbons (Fsp3) is 0.538. The third-order valence-corrected chi connectivity index (χ3v) is 2.27. The Bertz CT molecular complexity index is 202. The molecular formula is C13H22. The Balaban J connectivity index is 0.00000144. The van der Waals surface area contributed by atoms with Crippen LogP contribution in [0.25, 0.3) is 0 Å². The van der Waals surface area contributed by atoms with Crippen LogP contribution >= 0.6 is 0 Å². The maximum absolute atomic E-state index is 2.24. The minimum Gasteiger partial charge on any atom is -0.0776 e. The Morgan fingerprint density at radius 3 is 1.08 bits per heavy atom. The number of hydrogen-bond donors (Lipinski definition) is 0. The van der Waals surface area contributed by atoms with Crippen molar-refractivity contribution >= 4 is 0 Å². The molecule has 0 saturated carbocycles. The Labute approximate surface area is 83.0 Å². The van der Waals surface area contributed by atoms with Crippen LogP contribution in [0.2, 0.25) is 0 Å². The van der Waals surface area contributed by atoms with Crippen molar-refractivity contribution in [1.29, 1.82) is 0 Å². The zero-order valence-corrected chi connectivity index (χ0v) is 8.46. The Kier molecular flexibility index (Phi) is 4.76. The van der Waals surface area contributed by atoms with Crippen LogP contribution in [0.5, 0.6) is 0 Å². The highest BCUT2D eigenvalue weighted by molar-refractivity contribution is 5.26. The number of hydrogen-bond acceptors (Lipinski definition) is 0.